The van der Waals surface area contributed by atoms with E-state index in [0.29, 0.717) is 6.54 Å². The topological polar surface area (TPSA) is 78.4 Å². The number of carbonyl (C=O) groups excluding carboxylic acids is 1. The molecule has 0 fully saturated rings. The second-order valence-electron chi connectivity index (χ2n) is 2.89. The van der Waals surface area contributed by atoms with E-state index in [-0.39, 0.29) is 24.8 Å². The van der Waals surface area contributed by atoms with E-state index in [2.05, 4.69) is 10.6 Å². The number of rotatable bonds is 6. The summed E-state index contributed by atoms with van der Waals surface area (Å²) in [5, 5.41) is 13.7. The van der Waals surface area contributed by atoms with Crippen molar-refractivity contribution in [1.82, 2.24) is 10.6 Å². The van der Waals surface area contributed by atoms with Crippen LogP contribution in [0.1, 0.15) is 13.3 Å². The van der Waals surface area contributed by atoms with E-state index in [1.807, 2.05) is 0 Å². The van der Waals surface area contributed by atoms with Crippen LogP contribution in [-0.2, 0) is 9.59 Å². The van der Waals surface area contributed by atoms with Crippen LogP contribution < -0.4 is 10.6 Å². The molecule has 5 heteroatoms. The SMILES string of the molecule is CNCC(C)C(=O)NCCC(=O)O. The standard InChI is InChI=1S/C8H16N2O3/c1-6(5-9-2)8(13)10-4-3-7(11)12/h6,9H,3-5H2,1-2H3,(H,10,13)(H,11,12). The maximum Gasteiger partial charge on any atom is 0.305 e. The van der Waals surface area contributed by atoms with E-state index >= 15 is 0 Å². The molecule has 0 saturated carbocycles. The van der Waals surface area contributed by atoms with Gasteiger partial charge in [-0.3, -0.25) is 9.59 Å². The van der Waals surface area contributed by atoms with Gasteiger partial charge in [-0.1, -0.05) is 6.92 Å². The van der Waals surface area contributed by atoms with Crippen molar-refractivity contribution in [3.63, 3.8) is 0 Å². The van der Waals surface area contributed by atoms with Crippen molar-refractivity contribution in [1.29, 1.82) is 0 Å². The van der Waals surface area contributed by atoms with Gasteiger partial charge in [-0.05, 0) is 7.05 Å². The minimum absolute atomic E-state index is 0.0297. The molecule has 0 aromatic heterocycles. The van der Waals surface area contributed by atoms with Gasteiger partial charge in [0.05, 0.1) is 6.42 Å². The molecule has 76 valence electrons. The third-order valence-electron chi connectivity index (χ3n) is 1.60. The van der Waals surface area contributed by atoms with E-state index in [1.54, 1.807) is 14.0 Å². The van der Waals surface area contributed by atoms with Crippen molar-refractivity contribution in [3.8, 4) is 0 Å². The van der Waals surface area contributed by atoms with Gasteiger partial charge < -0.3 is 15.7 Å². The number of nitrogens with one attached hydrogen (secondary N) is 2. The molecule has 13 heavy (non-hydrogen) atoms. The largest absolute Gasteiger partial charge is 0.481 e. The lowest BCUT2D eigenvalue weighted by atomic mass is 10.1. The van der Waals surface area contributed by atoms with Crippen molar-refractivity contribution >= 4 is 11.9 Å². The predicted octanol–water partition coefficient (Wildman–Crippen LogP) is -0.567. The molecule has 0 aliphatic rings. The Labute approximate surface area is 77.5 Å². The molecule has 0 aliphatic carbocycles. The molecule has 1 amide bonds. The smallest absolute Gasteiger partial charge is 0.305 e. The molecule has 3 N–H and O–H groups in total. The highest BCUT2D eigenvalue weighted by Crippen LogP contribution is 1.91. The predicted molar refractivity (Wildman–Crippen MR) is 48.4 cm³/mol. The van der Waals surface area contributed by atoms with Crippen molar-refractivity contribution in [3.05, 3.63) is 0 Å². The summed E-state index contributed by atoms with van der Waals surface area (Å²) in [6.45, 7) is 2.58. The molecule has 0 aliphatic heterocycles. The number of hydrogen-bond acceptors (Lipinski definition) is 3. The van der Waals surface area contributed by atoms with Gasteiger partial charge in [0, 0.05) is 19.0 Å². The van der Waals surface area contributed by atoms with Crippen LogP contribution in [0, 0.1) is 5.92 Å². The lowest BCUT2D eigenvalue weighted by Gasteiger charge is -2.10. The van der Waals surface area contributed by atoms with Crippen LogP contribution >= 0.6 is 0 Å². The summed E-state index contributed by atoms with van der Waals surface area (Å²) in [5.74, 6) is -1.14. The average Bonchev–Trinajstić information content (AvgIpc) is 2.04. The van der Waals surface area contributed by atoms with Gasteiger partial charge in [-0.25, -0.2) is 0 Å². The number of aliphatic carboxylic acids is 1. The van der Waals surface area contributed by atoms with Gasteiger partial charge in [0.15, 0.2) is 0 Å². The number of carboxylic acids is 1. The molecule has 0 radical (unpaired) electrons. The van der Waals surface area contributed by atoms with Gasteiger partial charge >= 0.3 is 5.97 Å². The zero-order valence-corrected chi connectivity index (χ0v) is 7.96. The molecule has 0 saturated heterocycles. The zero-order valence-electron chi connectivity index (χ0n) is 7.96. The summed E-state index contributed by atoms with van der Waals surface area (Å²) >= 11 is 0. The first-order chi connectivity index (χ1) is 6.07. The maximum atomic E-state index is 11.2. The summed E-state index contributed by atoms with van der Waals surface area (Å²) in [6.07, 6.45) is -0.0297. The fraction of sp³-hybridized carbons (Fsp3) is 0.750. The fourth-order valence-corrected chi connectivity index (χ4v) is 0.866. The molecule has 0 aromatic rings. The van der Waals surface area contributed by atoms with E-state index in [4.69, 9.17) is 5.11 Å². The fourth-order valence-electron chi connectivity index (χ4n) is 0.866. The van der Waals surface area contributed by atoms with Crippen LogP contribution in [0.4, 0.5) is 0 Å². The normalized spacial score (nSPS) is 12.2. The molecule has 0 heterocycles. The summed E-state index contributed by atoms with van der Waals surface area (Å²) in [4.78, 5) is 21.3. The summed E-state index contributed by atoms with van der Waals surface area (Å²) in [7, 11) is 1.76. The summed E-state index contributed by atoms with van der Waals surface area (Å²) in [6, 6.07) is 0. The van der Waals surface area contributed by atoms with E-state index in [1.165, 1.54) is 0 Å². The molecule has 1 atom stereocenters. The highest BCUT2D eigenvalue weighted by molar-refractivity contribution is 5.79. The van der Waals surface area contributed by atoms with Crippen molar-refractivity contribution in [2.45, 2.75) is 13.3 Å². The minimum atomic E-state index is -0.901. The van der Waals surface area contributed by atoms with Crippen LogP contribution in [0.25, 0.3) is 0 Å². The number of hydrogen-bond donors (Lipinski definition) is 3. The lowest BCUT2D eigenvalue weighted by molar-refractivity contribution is -0.137. The first-order valence-corrected chi connectivity index (χ1v) is 4.22. The van der Waals surface area contributed by atoms with E-state index < -0.39 is 5.97 Å². The number of carboxylic acid groups (broad SMARTS) is 1. The average molecular weight is 188 g/mol. The minimum Gasteiger partial charge on any atom is -0.481 e. The Kier molecular flexibility index (Phi) is 5.88. The second kappa shape index (κ2) is 6.42. The second-order valence-corrected chi connectivity index (χ2v) is 2.89. The Morgan fingerprint density at radius 3 is 2.54 bits per heavy atom. The van der Waals surface area contributed by atoms with Crippen molar-refractivity contribution in [2.24, 2.45) is 5.92 Å². The molecular weight excluding hydrogens is 172 g/mol. The maximum absolute atomic E-state index is 11.2. The molecule has 1 unspecified atom stereocenters. The van der Waals surface area contributed by atoms with Gasteiger partial charge in [0.2, 0.25) is 5.91 Å². The van der Waals surface area contributed by atoms with Gasteiger partial charge in [0.1, 0.15) is 0 Å². The van der Waals surface area contributed by atoms with Crippen molar-refractivity contribution < 1.29 is 14.7 Å². The quantitative estimate of drug-likeness (QED) is 0.521. The third-order valence-corrected chi connectivity index (χ3v) is 1.60. The molecule has 5 nitrogen and oxygen atoms in total. The third kappa shape index (κ3) is 6.10. The first-order valence-electron chi connectivity index (χ1n) is 4.22. The van der Waals surface area contributed by atoms with Gasteiger partial charge in [-0.2, -0.15) is 0 Å². The van der Waals surface area contributed by atoms with Crippen LogP contribution in [-0.4, -0.2) is 37.1 Å². The van der Waals surface area contributed by atoms with Crippen LogP contribution in [0.15, 0.2) is 0 Å². The Morgan fingerprint density at radius 2 is 2.08 bits per heavy atom. The Morgan fingerprint density at radius 1 is 1.46 bits per heavy atom. The molecule has 0 aromatic carbocycles. The lowest BCUT2D eigenvalue weighted by Crippen LogP contribution is -2.35. The first kappa shape index (κ1) is 11.9. The highest BCUT2D eigenvalue weighted by Gasteiger charge is 2.10. The highest BCUT2D eigenvalue weighted by atomic mass is 16.4. The Hall–Kier alpha value is -1.10. The summed E-state index contributed by atoms with van der Waals surface area (Å²) in [5.41, 5.74) is 0. The monoisotopic (exact) mass is 188 g/mol. The van der Waals surface area contributed by atoms with Gasteiger partial charge in [0.25, 0.3) is 0 Å². The van der Waals surface area contributed by atoms with Crippen LogP contribution in [0.2, 0.25) is 0 Å². The van der Waals surface area contributed by atoms with Crippen molar-refractivity contribution in [2.75, 3.05) is 20.1 Å². The number of carbonyl (C=O) groups is 2. The van der Waals surface area contributed by atoms with Crippen LogP contribution in [0.3, 0.4) is 0 Å². The van der Waals surface area contributed by atoms with Gasteiger partial charge in [-0.15, -0.1) is 0 Å². The number of amides is 1. The summed E-state index contributed by atoms with van der Waals surface area (Å²) < 4.78 is 0. The Balaban J connectivity index is 3.55. The molecule has 0 spiro atoms. The van der Waals surface area contributed by atoms with E-state index in [9.17, 15) is 9.59 Å². The molecule has 0 rings (SSSR count). The van der Waals surface area contributed by atoms with E-state index in [0.717, 1.165) is 0 Å². The molecule has 0 bridgehead atoms. The molecular formula is C8H16N2O3. The Bertz CT molecular complexity index is 182. The zero-order chi connectivity index (χ0) is 10.3. The van der Waals surface area contributed by atoms with Crippen LogP contribution in [0.5, 0.6) is 0 Å².